The van der Waals surface area contributed by atoms with Crippen LogP contribution in [-0.2, 0) is 10.0 Å². The predicted molar refractivity (Wildman–Crippen MR) is 107 cm³/mol. The monoisotopic (exact) mass is 398 g/mol. The van der Waals surface area contributed by atoms with E-state index in [9.17, 15) is 13.2 Å². The highest BCUT2D eigenvalue weighted by molar-refractivity contribution is 7.89. The largest absolute Gasteiger partial charge is 0.451 e. The summed E-state index contributed by atoms with van der Waals surface area (Å²) in [5, 5.41) is 3.84. The van der Waals surface area contributed by atoms with E-state index in [1.807, 2.05) is 31.2 Å². The number of rotatable bonds is 4. The van der Waals surface area contributed by atoms with Gasteiger partial charge in [-0.1, -0.05) is 35.9 Å². The molecule has 1 saturated heterocycles. The summed E-state index contributed by atoms with van der Waals surface area (Å²) >= 11 is 0. The van der Waals surface area contributed by atoms with Crippen molar-refractivity contribution in [2.24, 2.45) is 0 Å². The lowest BCUT2D eigenvalue weighted by molar-refractivity contribution is 0.0898. The quantitative estimate of drug-likeness (QED) is 0.731. The SMILES string of the molecule is Cc1ccc(S(=O)(=O)N2CCC(NC(=O)c3cc4ccccc4o3)CC2)cc1. The van der Waals surface area contributed by atoms with E-state index in [2.05, 4.69) is 5.32 Å². The van der Waals surface area contributed by atoms with Crippen molar-refractivity contribution in [3.8, 4) is 0 Å². The van der Waals surface area contributed by atoms with E-state index in [-0.39, 0.29) is 17.7 Å². The molecule has 0 spiro atoms. The average molecular weight is 398 g/mol. The minimum Gasteiger partial charge on any atom is -0.451 e. The number of sulfonamides is 1. The van der Waals surface area contributed by atoms with Gasteiger partial charge in [-0.3, -0.25) is 4.79 Å². The van der Waals surface area contributed by atoms with Crippen LogP contribution in [0.1, 0.15) is 29.0 Å². The third-order valence-electron chi connectivity index (χ3n) is 5.10. The Labute approximate surface area is 164 Å². The maximum Gasteiger partial charge on any atom is 0.287 e. The summed E-state index contributed by atoms with van der Waals surface area (Å²) in [6.45, 7) is 2.68. The molecule has 1 aliphatic heterocycles. The number of nitrogens with one attached hydrogen (secondary N) is 1. The summed E-state index contributed by atoms with van der Waals surface area (Å²) in [6, 6.07) is 16.0. The van der Waals surface area contributed by atoms with Gasteiger partial charge in [0.2, 0.25) is 10.0 Å². The molecular formula is C21H22N2O4S. The second-order valence-electron chi connectivity index (χ2n) is 7.11. The summed E-state index contributed by atoms with van der Waals surface area (Å²) in [4.78, 5) is 12.8. The van der Waals surface area contributed by atoms with Gasteiger partial charge < -0.3 is 9.73 Å². The maximum absolute atomic E-state index is 12.8. The van der Waals surface area contributed by atoms with Crippen molar-refractivity contribution in [3.05, 3.63) is 65.9 Å². The lowest BCUT2D eigenvalue weighted by atomic mass is 10.1. The van der Waals surface area contributed by atoms with E-state index in [1.54, 1.807) is 30.3 Å². The number of carbonyl (C=O) groups excluding carboxylic acids is 1. The summed E-state index contributed by atoms with van der Waals surface area (Å²) in [5.41, 5.74) is 1.69. The van der Waals surface area contributed by atoms with Gasteiger partial charge in [0.25, 0.3) is 5.91 Å². The highest BCUT2D eigenvalue weighted by Gasteiger charge is 2.30. The first-order chi connectivity index (χ1) is 13.4. The van der Waals surface area contributed by atoms with E-state index in [4.69, 9.17) is 4.42 Å². The van der Waals surface area contributed by atoms with E-state index in [0.29, 0.717) is 36.4 Å². The number of para-hydroxylation sites is 1. The van der Waals surface area contributed by atoms with Gasteiger partial charge in [-0.05, 0) is 44.0 Å². The number of nitrogens with zero attached hydrogens (tertiary/aromatic N) is 1. The molecule has 146 valence electrons. The Balaban J connectivity index is 1.38. The van der Waals surface area contributed by atoms with E-state index in [0.717, 1.165) is 10.9 Å². The fourth-order valence-electron chi connectivity index (χ4n) is 3.45. The summed E-state index contributed by atoms with van der Waals surface area (Å²) in [6.07, 6.45) is 1.13. The molecule has 0 atom stereocenters. The maximum atomic E-state index is 12.8. The van der Waals surface area contributed by atoms with Crippen LogP contribution in [0, 0.1) is 6.92 Å². The third-order valence-corrected chi connectivity index (χ3v) is 7.01. The Morgan fingerprint density at radius 3 is 2.43 bits per heavy atom. The molecule has 7 heteroatoms. The first-order valence-electron chi connectivity index (χ1n) is 9.30. The zero-order valence-electron chi connectivity index (χ0n) is 15.6. The molecule has 1 N–H and O–H groups in total. The van der Waals surface area contributed by atoms with Crippen LogP contribution >= 0.6 is 0 Å². The molecule has 1 aromatic heterocycles. The van der Waals surface area contributed by atoms with Crippen LogP contribution in [0.2, 0.25) is 0 Å². The van der Waals surface area contributed by atoms with Crippen LogP contribution in [-0.4, -0.2) is 37.8 Å². The number of piperidine rings is 1. The molecule has 1 aliphatic rings. The Hall–Kier alpha value is -2.64. The second-order valence-corrected chi connectivity index (χ2v) is 9.05. The molecule has 4 rings (SSSR count). The molecular weight excluding hydrogens is 376 g/mol. The minimum atomic E-state index is -3.50. The third kappa shape index (κ3) is 3.68. The Morgan fingerprint density at radius 1 is 1.07 bits per heavy atom. The molecule has 28 heavy (non-hydrogen) atoms. The number of benzene rings is 2. The van der Waals surface area contributed by atoms with Gasteiger partial charge >= 0.3 is 0 Å². The summed E-state index contributed by atoms with van der Waals surface area (Å²) < 4.78 is 32.6. The number of fused-ring (bicyclic) bond motifs is 1. The standard InChI is InChI=1S/C21H22N2O4S/c1-15-6-8-18(9-7-15)28(25,26)23-12-10-17(11-13-23)22-21(24)20-14-16-4-2-3-5-19(16)27-20/h2-9,14,17H,10-13H2,1H3,(H,22,24). The molecule has 1 amide bonds. The molecule has 3 aromatic rings. The number of carbonyl (C=O) groups is 1. The molecule has 0 radical (unpaired) electrons. The highest BCUT2D eigenvalue weighted by atomic mass is 32.2. The van der Waals surface area contributed by atoms with Gasteiger partial charge in [-0.2, -0.15) is 4.31 Å². The molecule has 0 saturated carbocycles. The fraction of sp³-hybridized carbons (Fsp3) is 0.286. The van der Waals surface area contributed by atoms with Crippen LogP contribution in [0.5, 0.6) is 0 Å². The topological polar surface area (TPSA) is 79.6 Å². The lowest BCUT2D eigenvalue weighted by Gasteiger charge is -2.31. The average Bonchev–Trinajstić information content (AvgIpc) is 3.13. The van der Waals surface area contributed by atoms with Crippen molar-refractivity contribution >= 4 is 26.9 Å². The number of hydrogen-bond acceptors (Lipinski definition) is 4. The zero-order chi connectivity index (χ0) is 19.7. The van der Waals surface area contributed by atoms with Gasteiger partial charge in [-0.15, -0.1) is 0 Å². The fourth-order valence-corrected chi connectivity index (χ4v) is 4.92. The number of furan rings is 1. The molecule has 1 fully saturated rings. The van der Waals surface area contributed by atoms with Crippen molar-refractivity contribution in [1.82, 2.24) is 9.62 Å². The molecule has 0 aliphatic carbocycles. The number of hydrogen-bond donors (Lipinski definition) is 1. The van der Waals surface area contributed by atoms with Crippen molar-refractivity contribution in [3.63, 3.8) is 0 Å². The first kappa shape index (κ1) is 18.7. The Bertz CT molecular complexity index is 1060. The molecule has 2 heterocycles. The predicted octanol–water partition coefficient (Wildman–Crippen LogP) is 3.32. The highest BCUT2D eigenvalue weighted by Crippen LogP contribution is 2.22. The van der Waals surface area contributed by atoms with Gasteiger partial charge in [0.1, 0.15) is 5.58 Å². The zero-order valence-corrected chi connectivity index (χ0v) is 16.4. The number of amides is 1. The van der Waals surface area contributed by atoms with Crippen LogP contribution in [0.4, 0.5) is 0 Å². The van der Waals surface area contributed by atoms with Crippen molar-refractivity contribution in [2.75, 3.05) is 13.1 Å². The second kappa shape index (κ2) is 7.41. The van der Waals surface area contributed by atoms with Crippen LogP contribution < -0.4 is 5.32 Å². The normalized spacial score (nSPS) is 16.3. The van der Waals surface area contributed by atoms with E-state index < -0.39 is 10.0 Å². The number of aryl methyl sites for hydroxylation is 1. The van der Waals surface area contributed by atoms with Gasteiger partial charge in [0.15, 0.2) is 5.76 Å². The molecule has 0 unspecified atom stereocenters. The van der Waals surface area contributed by atoms with Gasteiger partial charge in [-0.25, -0.2) is 8.42 Å². The Morgan fingerprint density at radius 2 is 1.75 bits per heavy atom. The van der Waals surface area contributed by atoms with E-state index in [1.165, 1.54) is 4.31 Å². The van der Waals surface area contributed by atoms with Crippen molar-refractivity contribution in [2.45, 2.75) is 30.7 Å². The van der Waals surface area contributed by atoms with Gasteiger partial charge in [0.05, 0.1) is 4.90 Å². The lowest BCUT2D eigenvalue weighted by Crippen LogP contribution is -2.46. The van der Waals surface area contributed by atoms with Crippen LogP contribution in [0.15, 0.2) is 63.9 Å². The first-order valence-corrected chi connectivity index (χ1v) is 10.7. The Kier molecular flexibility index (Phi) is 4.95. The minimum absolute atomic E-state index is 0.0785. The smallest absolute Gasteiger partial charge is 0.287 e. The molecule has 6 nitrogen and oxygen atoms in total. The summed E-state index contributed by atoms with van der Waals surface area (Å²) in [5.74, 6) is 0.00643. The van der Waals surface area contributed by atoms with Gasteiger partial charge in [0, 0.05) is 24.5 Å². The van der Waals surface area contributed by atoms with Crippen molar-refractivity contribution in [1.29, 1.82) is 0 Å². The van der Waals surface area contributed by atoms with Crippen molar-refractivity contribution < 1.29 is 17.6 Å². The van der Waals surface area contributed by atoms with Crippen LogP contribution in [0.25, 0.3) is 11.0 Å². The molecule has 2 aromatic carbocycles. The summed E-state index contributed by atoms with van der Waals surface area (Å²) in [7, 11) is -3.50. The van der Waals surface area contributed by atoms with Crippen LogP contribution in [0.3, 0.4) is 0 Å². The molecule has 0 bridgehead atoms. The van der Waals surface area contributed by atoms with E-state index >= 15 is 0 Å².